The summed E-state index contributed by atoms with van der Waals surface area (Å²) in [5.41, 5.74) is 5.48. The van der Waals surface area contributed by atoms with Crippen molar-refractivity contribution in [1.82, 2.24) is 9.80 Å². The lowest BCUT2D eigenvalue weighted by Gasteiger charge is -2.33. The zero-order valence-electron chi connectivity index (χ0n) is 18.0. The monoisotopic (exact) mass is 417 g/mol. The van der Waals surface area contributed by atoms with Crippen molar-refractivity contribution in [2.75, 3.05) is 25.0 Å². The summed E-state index contributed by atoms with van der Waals surface area (Å²) in [5, 5.41) is 2.63. The molecule has 2 aliphatic rings. The van der Waals surface area contributed by atoms with E-state index in [1.165, 1.54) is 6.07 Å². The number of nitrogens with two attached hydrogens (primary N) is 1. The van der Waals surface area contributed by atoms with Gasteiger partial charge in [0.25, 0.3) is 5.91 Å². The Morgan fingerprint density at radius 2 is 2.00 bits per heavy atom. The lowest BCUT2D eigenvalue weighted by atomic mass is 9.90. The molecule has 164 valence electrons. The Bertz CT molecular complexity index is 820. The highest BCUT2D eigenvalue weighted by Gasteiger charge is 2.44. The van der Waals surface area contributed by atoms with Crippen LogP contribution in [0.1, 0.15) is 46.5 Å². The SMILES string of the molecule is CC(C)CC1(C)N=C(N)N(CCC2CCN(C(=O)Nc3ccccc3F)CC2)C1=O. The third-order valence-electron chi connectivity index (χ3n) is 5.93. The van der Waals surface area contributed by atoms with Crippen LogP contribution in [0.15, 0.2) is 29.3 Å². The highest BCUT2D eigenvalue weighted by Crippen LogP contribution is 2.30. The highest BCUT2D eigenvalue weighted by atomic mass is 19.1. The van der Waals surface area contributed by atoms with E-state index in [1.807, 2.05) is 6.92 Å². The highest BCUT2D eigenvalue weighted by molar-refractivity contribution is 6.06. The van der Waals surface area contributed by atoms with Crippen LogP contribution in [0.5, 0.6) is 0 Å². The number of nitrogens with zero attached hydrogens (tertiary/aromatic N) is 3. The molecule has 0 aromatic heterocycles. The minimum Gasteiger partial charge on any atom is -0.369 e. The van der Waals surface area contributed by atoms with E-state index >= 15 is 0 Å². The maximum atomic E-state index is 13.7. The molecule has 1 saturated heterocycles. The minimum absolute atomic E-state index is 0.0181. The molecular weight excluding hydrogens is 385 g/mol. The number of urea groups is 1. The molecule has 1 fully saturated rings. The Morgan fingerprint density at radius 3 is 2.63 bits per heavy atom. The van der Waals surface area contributed by atoms with Crippen molar-refractivity contribution in [3.8, 4) is 0 Å². The summed E-state index contributed by atoms with van der Waals surface area (Å²) >= 11 is 0. The van der Waals surface area contributed by atoms with E-state index in [9.17, 15) is 14.0 Å². The Morgan fingerprint density at radius 1 is 1.33 bits per heavy atom. The van der Waals surface area contributed by atoms with E-state index in [0.29, 0.717) is 43.9 Å². The maximum absolute atomic E-state index is 13.7. The van der Waals surface area contributed by atoms with Gasteiger partial charge in [-0.25, -0.2) is 14.2 Å². The largest absolute Gasteiger partial charge is 0.369 e. The summed E-state index contributed by atoms with van der Waals surface area (Å²) in [7, 11) is 0. The molecule has 0 aliphatic carbocycles. The van der Waals surface area contributed by atoms with Crippen molar-refractivity contribution in [1.29, 1.82) is 0 Å². The summed E-state index contributed by atoms with van der Waals surface area (Å²) in [5.74, 6) is 0.607. The van der Waals surface area contributed by atoms with Crippen molar-refractivity contribution in [2.45, 2.75) is 52.0 Å². The second-order valence-corrected chi connectivity index (χ2v) is 8.93. The third kappa shape index (κ3) is 4.91. The fourth-order valence-electron chi connectivity index (χ4n) is 4.39. The number of carbonyl (C=O) groups is 2. The topological polar surface area (TPSA) is 91.0 Å². The van der Waals surface area contributed by atoms with E-state index in [4.69, 9.17) is 5.73 Å². The summed E-state index contributed by atoms with van der Waals surface area (Å²) in [4.78, 5) is 33.0. The number of para-hydroxylation sites is 1. The van der Waals surface area contributed by atoms with Gasteiger partial charge in [-0.3, -0.25) is 9.69 Å². The number of anilines is 1. The van der Waals surface area contributed by atoms with Gasteiger partial charge in [0.15, 0.2) is 5.96 Å². The Kier molecular flexibility index (Phi) is 6.63. The number of hydrogen-bond donors (Lipinski definition) is 2. The number of amides is 3. The molecule has 30 heavy (non-hydrogen) atoms. The third-order valence-corrected chi connectivity index (χ3v) is 5.93. The molecule has 0 bridgehead atoms. The fraction of sp³-hybridized carbons (Fsp3) is 0.591. The first-order chi connectivity index (χ1) is 14.2. The first kappa shape index (κ1) is 22.1. The van der Waals surface area contributed by atoms with Gasteiger partial charge in [-0.05, 0) is 56.6 Å². The molecule has 1 aromatic rings. The Balaban J connectivity index is 1.46. The molecule has 1 unspecified atom stereocenters. The predicted octanol–water partition coefficient (Wildman–Crippen LogP) is 3.42. The standard InChI is InChI=1S/C22H32FN5O2/c1-15(2)14-22(3)19(29)28(20(24)26-22)13-10-16-8-11-27(12-9-16)21(30)25-18-7-5-4-6-17(18)23/h4-7,15-16H,8-14H2,1-3H3,(H2,24,26)(H,25,30). The lowest BCUT2D eigenvalue weighted by molar-refractivity contribution is -0.131. The molecule has 3 amide bonds. The quantitative estimate of drug-likeness (QED) is 0.743. The molecule has 1 atom stereocenters. The van der Waals surface area contributed by atoms with Crippen LogP contribution in [0.4, 0.5) is 14.9 Å². The van der Waals surface area contributed by atoms with Gasteiger partial charge in [-0.1, -0.05) is 26.0 Å². The number of piperidine rings is 1. The van der Waals surface area contributed by atoms with Gasteiger partial charge in [-0.15, -0.1) is 0 Å². The molecular formula is C22H32FN5O2. The average Bonchev–Trinajstić information content (AvgIpc) is 2.89. The Labute approximate surface area is 177 Å². The second-order valence-electron chi connectivity index (χ2n) is 8.93. The minimum atomic E-state index is -0.758. The summed E-state index contributed by atoms with van der Waals surface area (Å²) in [6, 6.07) is 5.86. The van der Waals surface area contributed by atoms with Gasteiger partial charge in [0.1, 0.15) is 11.4 Å². The summed E-state index contributed by atoms with van der Waals surface area (Å²) < 4.78 is 13.7. The smallest absolute Gasteiger partial charge is 0.321 e. The van der Waals surface area contributed by atoms with Crippen LogP contribution in [0, 0.1) is 17.7 Å². The summed E-state index contributed by atoms with van der Waals surface area (Å²) in [6.07, 6.45) is 3.18. The van der Waals surface area contributed by atoms with E-state index in [2.05, 4.69) is 24.2 Å². The molecule has 8 heteroatoms. The number of hydrogen-bond acceptors (Lipinski definition) is 4. The second kappa shape index (κ2) is 9.02. The van der Waals surface area contributed by atoms with Crippen molar-refractivity contribution in [2.24, 2.45) is 22.6 Å². The molecule has 0 spiro atoms. The van der Waals surface area contributed by atoms with Crippen LogP contribution < -0.4 is 11.1 Å². The van der Waals surface area contributed by atoms with Crippen LogP contribution in [-0.2, 0) is 4.79 Å². The molecule has 3 N–H and O–H groups in total. The molecule has 7 nitrogen and oxygen atoms in total. The van der Waals surface area contributed by atoms with Gasteiger partial charge in [0, 0.05) is 19.6 Å². The van der Waals surface area contributed by atoms with Crippen molar-refractivity contribution in [3.63, 3.8) is 0 Å². The fourth-order valence-corrected chi connectivity index (χ4v) is 4.39. The van der Waals surface area contributed by atoms with Gasteiger partial charge in [-0.2, -0.15) is 0 Å². The lowest BCUT2D eigenvalue weighted by Crippen LogP contribution is -2.45. The number of likely N-dealkylation sites (tertiary alicyclic amines) is 1. The van der Waals surface area contributed by atoms with Crippen LogP contribution in [0.3, 0.4) is 0 Å². The molecule has 1 aromatic carbocycles. The van der Waals surface area contributed by atoms with Gasteiger partial charge in [0.2, 0.25) is 0 Å². The van der Waals surface area contributed by atoms with Crippen molar-refractivity contribution < 1.29 is 14.0 Å². The van der Waals surface area contributed by atoms with Gasteiger partial charge >= 0.3 is 6.03 Å². The van der Waals surface area contributed by atoms with Crippen molar-refractivity contribution >= 4 is 23.6 Å². The predicted molar refractivity (Wildman–Crippen MR) is 116 cm³/mol. The Hall–Kier alpha value is -2.64. The number of guanidine groups is 1. The number of aliphatic imine (C=N–C) groups is 1. The van der Waals surface area contributed by atoms with Crippen LogP contribution in [0.25, 0.3) is 0 Å². The van der Waals surface area contributed by atoms with Crippen molar-refractivity contribution in [3.05, 3.63) is 30.1 Å². The normalized spacial score (nSPS) is 22.6. The molecule has 2 heterocycles. The van der Waals surface area contributed by atoms with Crippen LogP contribution in [-0.4, -0.2) is 52.9 Å². The van der Waals surface area contributed by atoms with Crippen LogP contribution in [0.2, 0.25) is 0 Å². The van der Waals surface area contributed by atoms with E-state index in [1.54, 1.807) is 28.0 Å². The number of carbonyl (C=O) groups excluding carboxylic acids is 2. The molecule has 0 saturated carbocycles. The average molecular weight is 418 g/mol. The number of benzene rings is 1. The van der Waals surface area contributed by atoms with E-state index < -0.39 is 11.4 Å². The zero-order chi connectivity index (χ0) is 21.9. The van der Waals surface area contributed by atoms with Gasteiger partial charge in [0.05, 0.1) is 5.69 Å². The zero-order valence-corrected chi connectivity index (χ0v) is 18.0. The van der Waals surface area contributed by atoms with Gasteiger partial charge < -0.3 is 16.0 Å². The number of nitrogens with one attached hydrogen (secondary N) is 1. The van der Waals surface area contributed by atoms with E-state index in [0.717, 1.165) is 19.3 Å². The summed E-state index contributed by atoms with van der Waals surface area (Å²) in [6.45, 7) is 7.76. The number of rotatable bonds is 6. The number of halogens is 1. The maximum Gasteiger partial charge on any atom is 0.321 e. The molecule has 3 rings (SSSR count). The van der Waals surface area contributed by atoms with Crippen LogP contribution >= 0.6 is 0 Å². The van der Waals surface area contributed by atoms with E-state index in [-0.39, 0.29) is 17.6 Å². The molecule has 0 radical (unpaired) electrons. The first-order valence-corrected chi connectivity index (χ1v) is 10.7. The molecule has 2 aliphatic heterocycles. The first-order valence-electron chi connectivity index (χ1n) is 10.7.